The van der Waals surface area contributed by atoms with Crippen LogP contribution in [0.15, 0.2) is 11.6 Å². The first kappa shape index (κ1) is 12.9. The zero-order chi connectivity index (χ0) is 13.5. The van der Waals surface area contributed by atoms with Gasteiger partial charge in [0.2, 0.25) is 0 Å². The summed E-state index contributed by atoms with van der Waals surface area (Å²) in [7, 11) is 0. The van der Waals surface area contributed by atoms with Crippen LogP contribution in [0.4, 0.5) is 4.79 Å². The number of carboxylic acids is 1. The molecule has 2 aliphatic rings. The number of fused-ring (bicyclic) bond motifs is 1. The lowest BCUT2D eigenvalue weighted by Crippen LogP contribution is -2.46. The van der Waals surface area contributed by atoms with Crippen LogP contribution in [0, 0.1) is 5.92 Å². The van der Waals surface area contributed by atoms with Crippen LogP contribution < -0.4 is 0 Å². The molecule has 1 saturated carbocycles. The monoisotopic (exact) mass is 253 g/mol. The van der Waals surface area contributed by atoms with Gasteiger partial charge in [0.1, 0.15) is 5.60 Å². The van der Waals surface area contributed by atoms with Crippen LogP contribution in [0.1, 0.15) is 33.6 Å². The number of ether oxygens (including phenoxy) is 1. The fraction of sp³-hybridized carbons (Fsp3) is 0.692. The molecule has 1 amide bonds. The van der Waals surface area contributed by atoms with Crippen LogP contribution >= 0.6 is 0 Å². The van der Waals surface area contributed by atoms with Crippen LogP contribution in [0.5, 0.6) is 0 Å². The van der Waals surface area contributed by atoms with Crippen molar-refractivity contribution in [3.8, 4) is 0 Å². The third-order valence-corrected chi connectivity index (χ3v) is 3.40. The van der Waals surface area contributed by atoms with Gasteiger partial charge in [-0.25, -0.2) is 9.59 Å². The Labute approximate surface area is 106 Å². The molecular weight excluding hydrogens is 234 g/mol. The number of amides is 1. The van der Waals surface area contributed by atoms with E-state index in [1.165, 1.54) is 6.08 Å². The van der Waals surface area contributed by atoms with Crippen molar-refractivity contribution < 1.29 is 19.4 Å². The van der Waals surface area contributed by atoms with E-state index < -0.39 is 11.6 Å². The molecule has 2 rings (SSSR count). The predicted octanol–water partition coefficient (Wildman–Crippen LogP) is 2.03. The molecule has 18 heavy (non-hydrogen) atoms. The summed E-state index contributed by atoms with van der Waals surface area (Å²) in [5.41, 5.74) is 0.456. The summed E-state index contributed by atoms with van der Waals surface area (Å²) in [6.45, 7) is 6.18. The second kappa shape index (κ2) is 4.30. The largest absolute Gasteiger partial charge is 0.478 e. The highest BCUT2D eigenvalue weighted by Crippen LogP contribution is 2.45. The van der Waals surface area contributed by atoms with E-state index in [-0.39, 0.29) is 18.1 Å². The fourth-order valence-corrected chi connectivity index (χ4v) is 2.64. The molecule has 100 valence electrons. The molecule has 1 N–H and O–H groups in total. The van der Waals surface area contributed by atoms with Gasteiger partial charge in [0, 0.05) is 24.6 Å². The normalized spacial score (nSPS) is 28.8. The van der Waals surface area contributed by atoms with E-state index in [9.17, 15) is 9.59 Å². The molecule has 0 spiro atoms. The SMILES string of the molecule is CC(C)(C)OC(=O)N1CCC2/C(=C/C(=O)O)CC21. The average molecular weight is 253 g/mol. The highest BCUT2D eigenvalue weighted by Gasteiger charge is 2.47. The molecule has 1 heterocycles. The topological polar surface area (TPSA) is 66.8 Å². The van der Waals surface area contributed by atoms with Crippen molar-refractivity contribution in [1.29, 1.82) is 0 Å². The maximum absolute atomic E-state index is 11.9. The Bertz CT molecular complexity index is 408. The van der Waals surface area contributed by atoms with E-state index in [0.29, 0.717) is 13.0 Å². The lowest BCUT2D eigenvalue weighted by molar-refractivity contribution is -0.131. The molecule has 1 saturated heterocycles. The highest BCUT2D eigenvalue weighted by atomic mass is 16.6. The third-order valence-electron chi connectivity index (χ3n) is 3.40. The van der Waals surface area contributed by atoms with Gasteiger partial charge in [-0.1, -0.05) is 5.57 Å². The lowest BCUT2D eigenvalue weighted by Gasteiger charge is -2.38. The van der Waals surface area contributed by atoms with E-state index in [4.69, 9.17) is 9.84 Å². The first-order valence-corrected chi connectivity index (χ1v) is 6.21. The standard InChI is InChI=1S/C13H19NO4/c1-13(2,3)18-12(17)14-5-4-9-8(6-10(9)14)7-11(15)16/h7,9-10H,4-6H2,1-3H3,(H,15,16)/b8-7+. The van der Waals surface area contributed by atoms with Crippen molar-refractivity contribution in [2.45, 2.75) is 45.3 Å². The van der Waals surface area contributed by atoms with Crippen molar-refractivity contribution in [3.63, 3.8) is 0 Å². The molecule has 0 radical (unpaired) electrons. The Morgan fingerprint density at radius 1 is 1.44 bits per heavy atom. The highest BCUT2D eigenvalue weighted by molar-refractivity contribution is 5.81. The van der Waals surface area contributed by atoms with Crippen molar-refractivity contribution in [1.82, 2.24) is 4.90 Å². The summed E-state index contributed by atoms with van der Waals surface area (Å²) in [4.78, 5) is 24.3. The number of nitrogens with zero attached hydrogens (tertiary/aromatic N) is 1. The zero-order valence-corrected chi connectivity index (χ0v) is 11.0. The zero-order valence-electron chi connectivity index (χ0n) is 11.0. The fourth-order valence-electron chi connectivity index (χ4n) is 2.64. The summed E-state index contributed by atoms with van der Waals surface area (Å²) in [6.07, 6.45) is 2.49. The average Bonchev–Trinajstić information content (AvgIpc) is 2.49. The molecule has 5 heteroatoms. The summed E-state index contributed by atoms with van der Waals surface area (Å²) in [5, 5.41) is 8.72. The van der Waals surface area contributed by atoms with Gasteiger partial charge in [-0.15, -0.1) is 0 Å². The molecule has 0 aromatic heterocycles. The van der Waals surface area contributed by atoms with Gasteiger partial charge < -0.3 is 14.7 Å². The van der Waals surface area contributed by atoms with Crippen molar-refractivity contribution in [2.75, 3.05) is 6.54 Å². The van der Waals surface area contributed by atoms with Crippen molar-refractivity contribution in [3.05, 3.63) is 11.6 Å². The number of likely N-dealkylation sites (tertiary alicyclic amines) is 1. The maximum Gasteiger partial charge on any atom is 0.410 e. The van der Waals surface area contributed by atoms with Crippen LogP contribution in [0.25, 0.3) is 0 Å². The van der Waals surface area contributed by atoms with Crippen molar-refractivity contribution in [2.24, 2.45) is 5.92 Å². The smallest absolute Gasteiger partial charge is 0.410 e. The Morgan fingerprint density at radius 2 is 2.11 bits per heavy atom. The predicted molar refractivity (Wildman–Crippen MR) is 65.2 cm³/mol. The summed E-state index contributed by atoms with van der Waals surface area (Å²) in [6, 6.07) is 0.130. The molecule has 2 unspecified atom stereocenters. The number of rotatable bonds is 1. The maximum atomic E-state index is 11.9. The second-order valence-corrected chi connectivity index (χ2v) is 5.90. The molecular formula is C13H19NO4. The number of carbonyl (C=O) groups excluding carboxylic acids is 1. The molecule has 2 fully saturated rings. The molecule has 1 aliphatic heterocycles. The van der Waals surface area contributed by atoms with Gasteiger partial charge in [0.25, 0.3) is 0 Å². The van der Waals surface area contributed by atoms with Crippen LogP contribution in [0.3, 0.4) is 0 Å². The van der Waals surface area contributed by atoms with Crippen LogP contribution in [-0.2, 0) is 9.53 Å². The van der Waals surface area contributed by atoms with Gasteiger partial charge in [0.05, 0.1) is 0 Å². The Kier molecular flexibility index (Phi) is 3.09. The number of aliphatic carboxylic acids is 1. The first-order chi connectivity index (χ1) is 8.28. The summed E-state index contributed by atoms with van der Waals surface area (Å²) < 4.78 is 5.34. The molecule has 1 aliphatic carbocycles. The number of carbonyl (C=O) groups is 2. The molecule has 0 aromatic carbocycles. The minimum atomic E-state index is -0.904. The van der Waals surface area contributed by atoms with Gasteiger partial charge in [-0.3, -0.25) is 0 Å². The van der Waals surface area contributed by atoms with E-state index in [2.05, 4.69) is 0 Å². The van der Waals surface area contributed by atoms with E-state index in [1.807, 2.05) is 20.8 Å². The molecule has 0 aromatic rings. The lowest BCUT2D eigenvalue weighted by atomic mass is 9.74. The molecule has 0 bridgehead atoms. The number of hydrogen-bond acceptors (Lipinski definition) is 3. The minimum absolute atomic E-state index is 0.130. The summed E-state index contributed by atoms with van der Waals surface area (Å²) >= 11 is 0. The van der Waals surface area contributed by atoms with E-state index in [1.54, 1.807) is 4.90 Å². The van der Waals surface area contributed by atoms with Crippen LogP contribution in [0.2, 0.25) is 0 Å². The molecule has 5 nitrogen and oxygen atoms in total. The number of carboxylic acid groups (broad SMARTS) is 1. The summed E-state index contributed by atoms with van der Waals surface area (Å²) in [5.74, 6) is -0.687. The van der Waals surface area contributed by atoms with Gasteiger partial charge in [-0.05, 0) is 33.6 Å². The van der Waals surface area contributed by atoms with E-state index >= 15 is 0 Å². The molecule has 2 atom stereocenters. The van der Waals surface area contributed by atoms with Gasteiger partial charge in [-0.2, -0.15) is 0 Å². The van der Waals surface area contributed by atoms with Crippen molar-refractivity contribution >= 4 is 12.1 Å². The minimum Gasteiger partial charge on any atom is -0.478 e. The third kappa shape index (κ3) is 2.49. The Morgan fingerprint density at radius 3 is 2.67 bits per heavy atom. The van der Waals surface area contributed by atoms with E-state index in [0.717, 1.165) is 12.0 Å². The van der Waals surface area contributed by atoms with Gasteiger partial charge in [0.15, 0.2) is 0 Å². The Balaban J connectivity index is 1.97. The quantitative estimate of drug-likeness (QED) is 0.726. The Hall–Kier alpha value is -1.52. The second-order valence-electron chi connectivity index (χ2n) is 5.90. The van der Waals surface area contributed by atoms with Crippen LogP contribution in [-0.4, -0.2) is 40.3 Å². The first-order valence-electron chi connectivity index (χ1n) is 6.21. The van der Waals surface area contributed by atoms with Gasteiger partial charge >= 0.3 is 12.1 Å². The number of hydrogen-bond donors (Lipinski definition) is 1.